The number of methoxy groups -OCH3 is 1. The minimum atomic E-state index is -0.669. The summed E-state index contributed by atoms with van der Waals surface area (Å²) in [6.07, 6.45) is 7.07. The molecular formula is C21H30O3. The molecule has 3 nitrogen and oxygen atoms in total. The Morgan fingerprint density at radius 1 is 1.21 bits per heavy atom. The van der Waals surface area contributed by atoms with Gasteiger partial charge in [-0.15, -0.1) is 0 Å². The molecule has 5 atom stereocenters. The third kappa shape index (κ3) is 2.17. The molecule has 0 heterocycles. The summed E-state index contributed by atoms with van der Waals surface area (Å²) >= 11 is 0. The van der Waals surface area contributed by atoms with Crippen LogP contribution in [-0.4, -0.2) is 29.5 Å². The second-order valence-electron chi connectivity index (χ2n) is 8.48. The molecule has 1 aromatic rings. The van der Waals surface area contributed by atoms with Crippen molar-refractivity contribution >= 4 is 0 Å². The van der Waals surface area contributed by atoms with Crippen molar-refractivity contribution in [2.45, 2.75) is 63.4 Å². The minimum Gasteiger partial charge on any atom is -0.497 e. The molecule has 0 bridgehead atoms. The Morgan fingerprint density at radius 2 is 2.04 bits per heavy atom. The molecule has 0 aromatic heterocycles. The highest BCUT2D eigenvalue weighted by Crippen LogP contribution is 2.64. The van der Waals surface area contributed by atoms with Crippen molar-refractivity contribution in [1.82, 2.24) is 0 Å². The second-order valence-corrected chi connectivity index (χ2v) is 8.48. The van der Waals surface area contributed by atoms with Crippen LogP contribution in [0.1, 0.15) is 62.5 Å². The van der Waals surface area contributed by atoms with Gasteiger partial charge in [0.2, 0.25) is 0 Å². The van der Waals surface area contributed by atoms with Gasteiger partial charge in [0, 0.05) is 6.61 Å². The van der Waals surface area contributed by atoms with Gasteiger partial charge >= 0.3 is 0 Å². The van der Waals surface area contributed by atoms with Crippen LogP contribution < -0.4 is 4.74 Å². The Kier molecular flexibility index (Phi) is 3.92. The van der Waals surface area contributed by atoms with E-state index in [1.54, 1.807) is 7.11 Å². The van der Waals surface area contributed by atoms with E-state index in [2.05, 4.69) is 25.1 Å². The van der Waals surface area contributed by atoms with Crippen LogP contribution in [0.15, 0.2) is 18.2 Å². The van der Waals surface area contributed by atoms with E-state index in [-0.39, 0.29) is 12.0 Å². The predicted molar refractivity (Wildman–Crippen MR) is 94.3 cm³/mol. The third-order valence-electron chi connectivity index (χ3n) is 7.78. The van der Waals surface area contributed by atoms with Crippen LogP contribution in [0.4, 0.5) is 0 Å². The molecule has 2 saturated carbocycles. The van der Waals surface area contributed by atoms with Crippen LogP contribution in [0.25, 0.3) is 0 Å². The van der Waals surface area contributed by atoms with Crippen LogP contribution in [-0.2, 0) is 6.42 Å². The molecule has 3 aliphatic rings. The standard InChI is InChI=1S/C21H30O3/c1-20-9-7-17-16-6-4-15(24-2)13-14(16)3-5-18(17)19(20)8-10-21(20,23)11-12-22/h4,6,13,17-19,22-23H,3,5,7-12H2,1-2H3/t17-,18-,19+,20+,21+/m1/s1. The molecule has 132 valence electrons. The van der Waals surface area contributed by atoms with Crippen LogP contribution in [0.3, 0.4) is 0 Å². The highest BCUT2D eigenvalue weighted by atomic mass is 16.5. The Hall–Kier alpha value is -1.06. The van der Waals surface area contributed by atoms with Crippen molar-refractivity contribution in [3.05, 3.63) is 29.3 Å². The molecule has 2 fully saturated rings. The third-order valence-corrected chi connectivity index (χ3v) is 7.78. The summed E-state index contributed by atoms with van der Waals surface area (Å²) < 4.78 is 5.40. The fourth-order valence-electron chi connectivity index (χ4n) is 6.39. The van der Waals surface area contributed by atoms with Gasteiger partial charge in [-0.1, -0.05) is 13.0 Å². The van der Waals surface area contributed by atoms with E-state index < -0.39 is 5.60 Å². The van der Waals surface area contributed by atoms with E-state index in [4.69, 9.17) is 4.74 Å². The van der Waals surface area contributed by atoms with Gasteiger partial charge in [-0.05, 0) is 91.4 Å². The smallest absolute Gasteiger partial charge is 0.119 e. The van der Waals surface area contributed by atoms with Crippen molar-refractivity contribution in [2.75, 3.05) is 13.7 Å². The first-order valence-electron chi connectivity index (χ1n) is 9.52. The fraction of sp³-hybridized carbons (Fsp3) is 0.714. The van der Waals surface area contributed by atoms with Gasteiger partial charge in [0.15, 0.2) is 0 Å². The molecule has 0 saturated heterocycles. The summed E-state index contributed by atoms with van der Waals surface area (Å²) in [5.74, 6) is 2.86. The molecule has 3 heteroatoms. The number of aryl methyl sites for hydroxylation is 1. The van der Waals surface area contributed by atoms with Gasteiger partial charge in [0.25, 0.3) is 0 Å². The normalized spacial score (nSPS) is 40.6. The molecule has 3 aliphatic carbocycles. The van der Waals surface area contributed by atoms with Crippen molar-refractivity contribution in [3.63, 3.8) is 0 Å². The molecule has 2 N–H and O–H groups in total. The maximum Gasteiger partial charge on any atom is 0.119 e. The number of hydrogen-bond acceptors (Lipinski definition) is 3. The van der Waals surface area contributed by atoms with E-state index in [0.29, 0.717) is 24.2 Å². The average Bonchev–Trinajstić information content (AvgIpc) is 2.86. The highest BCUT2D eigenvalue weighted by molar-refractivity contribution is 5.40. The molecule has 1 aromatic carbocycles. The van der Waals surface area contributed by atoms with Crippen LogP contribution in [0.5, 0.6) is 5.75 Å². The summed E-state index contributed by atoms with van der Waals surface area (Å²) in [7, 11) is 1.74. The number of aliphatic hydroxyl groups is 2. The second kappa shape index (κ2) is 5.74. The van der Waals surface area contributed by atoms with E-state index in [0.717, 1.165) is 37.9 Å². The lowest BCUT2D eigenvalue weighted by Crippen LogP contribution is -2.51. The monoisotopic (exact) mass is 330 g/mol. The number of benzene rings is 1. The quantitative estimate of drug-likeness (QED) is 0.889. The zero-order chi connectivity index (χ0) is 16.9. The highest BCUT2D eigenvalue weighted by Gasteiger charge is 2.60. The molecule has 0 aliphatic heterocycles. The minimum absolute atomic E-state index is 0.0269. The van der Waals surface area contributed by atoms with Gasteiger partial charge < -0.3 is 14.9 Å². The van der Waals surface area contributed by atoms with Crippen molar-refractivity contribution < 1.29 is 14.9 Å². The molecule has 0 amide bonds. The number of ether oxygens (including phenoxy) is 1. The lowest BCUT2D eigenvalue weighted by atomic mass is 9.53. The van der Waals surface area contributed by atoms with Gasteiger partial charge in [-0.25, -0.2) is 0 Å². The first kappa shape index (κ1) is 16.4. The fourth-order valence-corrected chi connectivity index (χ4v) is 6.39. The first-order valence-corrected chi connectivity index (χ1v) is 9.52. The Labute approximate surface area is 145 Å². The van der Waals surface area contributed by atoms with Gasteiger partial charge in [-0.3, -0.25) is 0 Å². The lowest BCUT2D eigenvalue weighted by Gasteiger charge is -2.53. The topological polar surface area (TPSA) is 49.7 Å². The van der Waals surface area contributed by atoms with Gasteiger partial charge in [0.05, 0.1) is 12.7 Å². The maximum atomic E-state index is 11.2. The van der Waals surface area contributed by atoms with E-state index in [9.17, 15) is 10.2 Å². The van der Waals surface area contributed by atoms with Gasteiger partial charge in [0.1, 0.15) is 5.75 Å². The number of hydrogen-bond donors (Lipinski definition) is 2. The number of fused-ring (bicyclic) bond motifs is 5. The van der Waals surface area contributed by atoms with E-state index in [1.165, 1.54) is 17.5 Å². The van der Waals surface area contributed by atoms with Crippen molar-refractivity contribution in [2.24, 2.45) is 17.3 Å². The predicted octanol–water partition coefficient (Wildman–Crippen LogP) is 3.66. The summed E-state index contributed by atoms with van der Waals surface area (Å²) in [5.41, 5.74) is 2.29. The Balaban J connectivity index is 1.65. The Bertz CT molecular complexity index is 628. The SMILES string of the molecule is COc1ccc2c(c1)CC[C@@H]1[C@@H]2CC[C@@]2(C)[C@H]1CC[C@]2(O)CCO. The Morgan fingerprint density at radius 3 is 2.79 bits per heavy atom. The zero-order valence-electron chi connectivity index (χ0n) is 14.9. The molecule has 0 radical (unpaired) electrons. The molecule has 24 heavy (non-hydrogen) atoms. The van der Waals surface area contributed by atoms with Crippen molar-refractivity contribution in [3.8, 4) is 5.75 Å². The average molecular weight is 330 g/mol. The summed E-state index contributed by atoms with van der Waals surface area (Å²) in [6.45, 7) is 2.38. The first-order chi connectivity index (χ1) is 11.5. The molecular weight excluding hydrogens is 300 g/mol. The summed E-state index contributed by atoms with van der Waals surface area (Å²) in [5, 5.41) is 20.7. The summed E-state index contributed by atoms with van der Waals surface area (Å²) in [6, 6.07) is 6.60. The summed E-state index contributed by atoms with van der Waals surface area (Å²) in [4.78, 5) is 0. The van der Waals surface area contributed by atoms with Gasteiger partial charge in [-0.2, -0.15) is 0 Å². The maximum absolute atomic E-state index is 11.2. The van der Waals surface area contributed by atoms with Crippen molar-refractivity contribution in [1.29, 1.82) is 0 Å². The van der Waals surface area contributed by atoms with Crippen LogP contribution in [0.2, 0.25) is 0 Å². The number of rotatable bonds is 3. The number of aliphatic hydroxyl groups excluding tert-OH is 1. The lowest BCUT2D eigenvalue weighted by molar-refractivity contribution is -0.112. The molecule has 0 unspecified atom stereocenters. The molecule has 0 spiro atoms. The zero-order valence-corrected chi connectivity index (χ0v) is 14.9. The van der Waals surface area contributed by atoms with Crippen LogP contribution >= 0.6 is 0 Å². The molecule has 4 rings (SSSR count). The van der Waals surface area contributed by atoms with E-state index >= 15 is 0 Å². The van der Waals surface area contributed by atoms with E-state index in [1.807, 2.05) is 0 Å². The largest absolute Gasteiger partial charge is 0.497 e. The van der Waals surface area contributed by atoms with Crippen LogP contribution in [0, 0.1) is 17.3 Å².